The molecule has 1 aromatic rings. The summed E-state index contributed by atoms with van der Waals surface area (Å²) in [5.74, 6) is 1.13. The molecule has 0 aliphatic heterocycles. The van der Waals surface area contributed by atoms with E-state index in [4.69, 9.17) is 10.5 Å². The van der Waals surface area contributed by atoms with E-state index in [1.807, 2.05) is 18.2 Å². The molecule has 4 nitrogen and oxygen atoms in total. The number of hydrogen-bond donors (Lipinski definition) is 2. The second-order valence-electron chi connectivity index (χ2n) is 7.14. The van der Waals surface area contributed by atoms with E-state index in [2.05, 4.69) is 32.2 Å². The SMILES string of the molecule is CC(C)(C)c1ccccc1OCC(=O)NC1CCCC1CN. The van der Waals surface area contributed by atoms with Crippen LogP contribution in [0.3, 0.4) is 0 Å². The standard InChI is InChI=1S/C18H28N2O2/c1-18(2,3)14-8-4-5-10-16(14)22-12-17(21)20-15-9-6-7-13(15)11-19/h4-5,8,10,13,15H,6-7,9,11-12,19H2,1-3H3,(H,20,21). The lowest BCUT2D eigenvalue weighted by Gasteiger charge is -2.23. The first-order valence-electron chi connectivity index (χ1n) is 8.13. The van der Waals surface area contributed by atoms with Crippen molar-refractivity contribution in [3.8, 4) is 5.75 Å². The molecule has 1 saturated carbocycles. The summed E-state index contributed by atoms with van der Waals surface area (Å²) in [5, 5.41) is 3.06. The second kappa shape index (κ2) is 7.14. The molecule has 0 radical (unpaired) electrons. The highest BCUT2D eigenvalue weighted by Gasteiger charge is 2.27. The molecule has 2 rings (SSSR count). The van der Waals surface area contributed by atoms with E-state index in [-0.39, 0.29) is 24.0 Å². The quantitative estimate of drug-likeness (QED) is 0.879. The molecule has 22 heavy (non-hydrogen) atoms. The van der Waals surface area contributed by atoms with Gasteiger partial charge in [0.2, 0.25) is 0 Å². The number of rotatable bonds is 5. The van der Waals surface area contributed by atoms with Gasteiger partial charge in [0.25, 0.3) is 5.91 Å². The van der Waals surface area contributed by atoms with E-state index in [1.165, 1.54) is 0 Å². The maximum atomic E-state index is 12.1. The number of carbonyl (C=O) groups is 1. The number of benzene rings is 1. The third-order valence-corrected chi connectivity index (χ3v) is 4.36. The van der Waals surface area contributed by atoms with Crippen LogP contribution in [-0.2, 0) is 10.2 Å². The predicted molar refractivity (Wildman–Crippen MR) is 89.0 cm³/mol. The van der Waals surface area contributed by atoms with E-state index in [0.29, 0.717) is 12.5 Å². The fraction of sp³-hybridized carbons (Fsp3) is 0.611. The maximum Gasteiger partial charge on any atom is 0.258 e. The lowest BCUT2D eigenvalue weighted by atomic mass is 9.86. The molecular weight excluding hydrogens is 276 g/mol. The van der Waals surface area contributed by atoms with Crippen molar-refractivity contribution >= 4 is 5.91 Å². The molecule has 1 aliphatic rings. The van der Waals surface area contributed by atoms with Gasteiger partial charge in [-0.05, 0) is 42.3 Å². The van der Waals surface area contributed by atoms with Crippen LogP contribution in [-0.4, -0.2) is 25.1 Å². The van der Waals surface area contributed by atoms with E-state index in [1.54, 1.807) is 0 Å². The van der Waals surface area contributed by atoms with Crippen LogP contribution in [0.25, 0.3) is 0 Å². The lowest BCUT2D eigenvalue weighted by molar-refractivity contribution is -0.124. The summed E-state index contributed by atoms with van der Waals surface area (Å²) in [5.41, 5.74) is 6.85. The van der Waals surface area contributed by atoms with E-state index in [9.17, 15) is 4.79 Å². The third-order valence-electron chi connectivity index (χ3n) is 4.36. The number of hydrogen-bond acceptors (Lipinski definition) is 3. The van der Waals surface area contributed by atoms with Crippen molar-refractivity contribution in [3.05, 3.63) is 29.8 Å². The van der Waals surface area contributed by atoms with Gasteiger partial charge in [0.15, 0.2) is 6.61 Å². The molecule has 4 heteroatoms. The lowest BCUT2D eigenvalue weighted by Crippen LogP contribution is -2.42. The van der Waals surface area contributed by atoms with Gasteiger partial charge in [0, 0.05) is 6.04 Å². The molecule has 0 bridgehead atoms. The van der Waals surface area contributed by atoms with Crippen molar-refractivity contribution in [1.82, 2.24) is 5.32 Å². The Bertz CT molecular complexity index is 508. The summed E-state index contributed by atoms with van der Waals surface area (Å²) in [6.45, 7) is 7.11. The Morgan fingerprint density at radius 1 is 1.32 bits per heavy atom. The van der Waals surface area contributed by atoms with Gasteiger partial charge >= 0.3 is 0 Å². The van der Waals surface area contributed by atoms with E-state index >= 15 is 0 Å². The van der Waals surface area contributed by atoms with Crippen LogP contribution < -0.4 is 15.8 Å². The van der Waals surface area contributed by atoms with Crippen LogP contribution in [0.5, 0.6) is 5.75 Å². The van der Waals surface area contributed by atoms with Gasteiger partial charge in [-0.25, -0.2) is 0 Å². The highest BCUT2D eigenvalue weighted by Crippen LogP contribution is 2.31. The van der Waals surface area contributed by atoms with Gasteiger partial charge in [0.05, 0.1) is 0 Å². The molecule has 122 valence electrons. The average molecular weight is 304 g/mol. The van der Waals surface area contributed by atoms with Crippen LogP contribution in [0.1, 0.15) is 45.6 Å². The van der Waals surface area contributed by atoms with Crippen LogP contribution >= 0.6 is 0 Å². The zero-order valence-electron chi connectivity index (χ0n) is 13.9. The van der Waals surface area contributed by atoms with Crippen molar-refractivity contribution in [2.24, 2.45) is 11.7 Å². The fourth-order valence-electron chi connectivity index (χ4n) is 3.11. The third kappa shape index (κ3) is 4.23. The van der Waals surface area contributed by atoms with Crippen molar-refractivity contribution < 1.29 is 9.53 Å². The molecule has 0 aromatic heterocycles. The minimum Gasteiger partial charge on any atom is -0.483 e. The monoisotopic (exact) mass is 304 g/mol. The molecule has 1 aromatic carbocycles. The summed E-state index contributed by atoms with van der Waals surface area (Å²) in [7, 11) is 0. The average Bonchev–Trinajstić information content (AvgIpc) is 2.91. The van der Waals surface area contributed by atoms with Crippen LogP contribution in [0.15, 0.2) is 24.3 Å². The van der Waals surface area contributed by atoms with Crippen molar-refractivity contribution in [3.63, 3.8) is 0 Å². The summed E-state index contributed by atoms with van der Waals surface area (Å²) < 4.78 is 5.76. The van der Waals surface area contributed by atoms with Crippen molar-refractivity contribution in [2.45, 2.75) is 51.5 Å². The zero-order valence-corrected chi connectivity index (χ0v) is 13.9. The maximum absolute atomic E-state index is 12.1. The Kier molecular flexibility index (Phi) is 5.46. The number of para-hydroxylation sites is 1. The Hall–Kier alpha value is -1.55. The first kappa shape index (κ1) is 16.8. The van der Waals surface area contributed by atoms with Gasteiger partial charge in [-0.2, -0.15) is 0 Å². The minimum absolute atomic E-state index is 0.0107. The summed E-state index contributed by atoms with van der Waals surface area (Å²) in [6, 6.07) is 8.11. The molecular formula is C18H28N2O2. The molecule has 1 aliphatic carbocycles. The largest absolute Gasteiger partial charge is 0.483 e. The predicted octanol–water partition coefficient (Wildman–Crippen LogP) is 2.61. The van der Waals surface area contributed by atoms with Gasteiger partial charge in [-0.3, -0.25) is 4.79 Å². The van der Waals surface area contributed by atoms with E-state index in [0.717, 1.165) is 30.6 Å². The molecule has 2 unspecified atom stereocenters. The Morgan fingerprint density at radius 2 is 2.05 bits per heavy atom. The van der Waals surface area contributed by atoms with Gasteiger partial charge < -0.3 is 15.8 Å². The van der Waals surface area contributed by atoms with Crippen molar-refractivity contribution in [2.75, 3.05) is 13.2 Å². The second-order valence-corrected chi connectivity index (χ2v) is 7.14. The first-order valence-corrected chi connectivity index (χ1v) is 8.13. The molecule has 3 N–H and O–H groups in total. The molecule has 0 spiro atoms. The number of carbonyl (C=O) groups excluding carboxylic acids is 1. The van der Waals surface area contributed by atoms with Crippen LogP contribution in [0.4, 0.5) is 0 Å². The highest BCUT2D eigenvalue weighted by atomic mass is 16.5. The first-order chi connectivity index (χ1) is 10.4. The number of amides is 1. The summed E-state index contributed by atoms with van der Waals surface area (Å²) in [6.07, 6.45) is 3.27. The minimum atomic E-state index is -0.0611. The van der Waals surface area contributed by atoms with Crippen LogP contribution in [0, 0.1) is 5.92 Å². The number of nitrogens with two attached hydrogens (primary N) is 1. The highest BCUT2D eigenvalue weighted by molar-refractivity contribution is 5.78. The number of nitrogens with one attached hydrogen (secondary N) is 1. The summed E-state index contributed by atoms with van der Waals surface area (Å²) >= 11 is 0. The Balaban J connectivity index is 1.92. The summed E-state index contributed by atoms with van der Waals surface area (Å²) in [4.78, 5) is 12.1. The molecule has 1 fully saturated rings. The normalized spacial score (nSPS) is 21.6. The molecule has 2 atom stereocenters. The van der Waals surface area contributed by atoms with Gasteiger partial charge in [0.1, 0.15) is 5.75 Å². The Labute approximate surface area is 133 Å². The van der Waals surface area contributed by atoms with Crippen LogP contribution in [0.2, 0.25) is 0 Å². The zero-order chi connectivity index (χ0) is 16.2. The molecule has 1 amide bonds. The van der Waals surface area contributed by atoms with Gasteiger partial charge in [-0.1, -0.05) is 45.4 Å². The smallest absolute Gasteiger partial charge is 0.258 e. The van der Waals surface area contributed by atoms with Crippen molar-refractivity contribution in [1.29, 1.82) is 0 Å². The van der Waals surface area contributed by atoms with Gasteiger partial charge in [-0.15, -0.1) is 0 Å². The molecule has 0 saturated heterocycles. The fourth-order valence-corrected chi connectivity index (χ4v) is 3.11. The van der Waals surface area contributed by atoms with E-state index < -0.39 is 0 Å². The Morgan fingerprint density at radius 3 is 2.73 bits per heavy atom. The number of ether oxygens (including phenoxy) is 1. The molecule has 0 heterocycles. The topological polar surface area (TPSA) is 64.3 Å².